The molecule has 6 heteroatoms. The number of anilines is 1. The molecule has 0 unspecified atom stereocenters. The minimum absolute atomic E-state index is 0.742. The Hall–Kier alpha value is -2.37. The zero-order valence-electron chi connectivity index (χ0n) is 12.2. The summed E-state index contributed by atoms with van der Waals surface area (Å²) in [6, 6.07) is 2.09. The van der Waals surface area contributed by atoms with Crippen molar-refractivity contribution in [2.75, 3.05) is 5.32 Å². The molecule has 1 N–H and O–H groups in total. The van der Waals surface area contributed by atoms with Crippen LogP contribution in [0.2, 0.25) is 0 Å². The highest BCUT2D eigenvalue weighted by atomic mass is 15.3. The van der Waals surface area contributed by atoms with Gasteiger partial charge in [-0.2, -0.15) is 10.2 Å². The Morgan fingerprint density at radius 3 is 2.65 bits per heavy atom. The second-order valence-corrected chi connectivity index (χ2v) is 5.07. The van der Waals surface area contributed by atoms with Crippen LogP contribution in [-0.4, -0.2) is 24.5 Å². The summed E-state index contributed by atoms with van der Waals surface area (Å²) in [5.41, 5.74) is 5.14. The Balaban J connectivity index is 1.84. The molecule has 0 amide bonds. The fraction of sp³-hybridized carbons (Fsp3) is 0.357. The summed E-state index contributed by atoms with van der Waals surface area (Å²) in [6.07, 6.45) is 3.87. The van der Waals surface area contributed by atoms with Crippen molar-refractivity contribution in [2.24, 2.45) is 14.1 Å². The van der Waals surface area contributed by atoms with Crippen LogP contribution in [0.15, 0.2) is 18.5 Å². The lowest BCUT2D eigenvalue weighted by atomic mass is 10.2. The maximum Gasteiger partial charge on any atom is 0.157 e. The summed E-state index contributed by atoms with van der Waals surface area (Å²) in [7, 11) is 3.84. The smallest absolute Gasteiger partial charge is 0.157 e. The third kappa shape index (κ3) is 2.13. The molecule has 0 fully saturated rings. The molecule has 0 aromatic carbocycles. The van der Waals surface area contributed by atoms with Crippen molar-refractivity contribution in [3.8, 4) is 0 Å². The van der Waals surface area contributed by atoms with Gasteiger partial charge in [-0.05, 0) is 19.9 Å². The Kier molecular flexibility index (Phi) is 2.93. The molecule has 3 aromatic heterocycles. The van der Waals surface area contributed by atoms with Crippen molar-refractivity contribution in [3.05, 3.63) is 35.4 Å². The largest absolute Gasteiger partial charge is 0.380 e. The highest BCUT2D eigenvalue weighted by molar-refractivity contribution is 5.81. The molecule has 0 spiro atoms. The lowest BCUT2D eigenvalue weighted by Gasteiger charge is -2.05. The van der Waals surface area contributed by atoms with Crippen molar-refractivity contribution in [1.82, 2.24) is 24.5 Å². The molecule has 3 heterocycles. The SMILES string of the molecule is Cc1nn(C)cc1CNc1cnc2c(c1)c(C)nn2C. The number of hydrogen-bond donors (Lipinski definition) is 1. The van der Waals surface area contributed by atoms with Crippen LogP contribution >= 0.6 is 0 Å². The maximum atomic E-state index is 4.46. The quantitative estimate of drug-likeness (QED) is 0.790. The third-order valence-corrected chi connectivity index (χ3v) is 3.46. The van der Waals surface area contributed by atoms with E-state index in [1.165, 1.54) is 5.56 Å². The second-order valence-electron chi connectivity index (χ2n) is 5.07. The predicted octanol–water partition coefficient (Wildman–Crippen LogP) is 1.93. The van der Waals surface area contributed by atoms with Crippen molar-refractivity contribution >= 4 is 16.7 Å². The topological polar surface area (TPSA) is 60.6 Å². The first-order valence-electron chi connectivity index (χ1n) is 6.57. The average Bonchev–Trinajstić information content (AvgIpc) is 2.87. The van der Waals surface area contributed by atoms with Gasteiger partial charge in [0.1, 0.15) is 0 Å². The van der Waals surface area contributed by atoms with E-state index in [0.717, 1.165) is 34.7 Å². The highest BCUT2D eigenvalue weighted by Gasteiger charge is 2.08. The number of pyridine rings is 1. The van der Waals surface area contributed by atoms with E-state index in [1.807, 2.05) is 45.0 Å². The number of fused-ring (bicyclic) bond motifs is 1. The monoisotopic (exact) mass is 270 g/mol. The van der Waals surface area contributed by atoms with Crippen LogP contribution in [0.4, 0.5) is 5.69 Å². The fourth-order valence-corrected chi connectivity index (χ4v) is 2.42. The molecule has 0 radical (unpaired) electrons. The number of nitrogens with one attached hydrogen (secondary N) is 1. The zero-order valence-corrected chi connectivity index (χ0v) is 12.2. The van der Waals surface area contributed by atoms with E-state index < -0.39 is 0 Å². The first kappa shape index (κ1) is 12.7. The van der Waals surface area contributed by atoms with E-state index in [-0.39, 0.29) is 0 Å². The zero-order chi connectivity index (χ0) is 14.3. The predicted molar refractivity (Wildman–Crippen MR) is 78.5 cm³/mol. The minimum atomic E-state index is 0.742. The second kappa shape index (κ2) is 4.63. The van der Waals surface area contributed by atoms with E-state index in [1.54, 1.807) is 4.68 Å². The normalized spacial score (nSPS) is 11.2. The van der Waals surface area contributed by atoms with Crippen LogP contribution in [0.25, 0.3) is 11.0 Å². The van der Waals surface area contributed by atoms with Gasteiger partial charge in [0.25, 0.3) is 0 Å². The van der Waals surface area contributed by atoms with E-state index in [4.69, 9.17) is 0 Å². The van der Waals surface area contributed by atoms with E-state index in [0.29, 0.717) is 0 Å². The molecule has 0 bridgehead atoms. The summed E-state index contributed by atoms with van der Waals surface area (Å²) in [5.74, 6) is 0. The van der Waals surface area contributed by atoms with E-state index in [2.05, 4.69) is 26.6 Å². The van der Waals surface area contributed by atoms with Gasteiger partial charge in [0.05, 0.1) is 23.3 Å². The van der Waals surface area contributed by atoms with Gasteiger partial charge in [0, 0.05) is 37.8 Å². The summed E-state index contributed by atoms with van der Waals surface area (Å²) in [6.45, 7) is 4.76. The highest BCUT2D eigenvalue weighted by Crippen LogP contribution is 2.19. The Morgan fingerprint density at radius 1 is 1.15 bits per heavy atom. The van der Waals surface area contributed by atoms with E-state index in [9.17, 15) is 0 Å². The molecule has 3 rings (SSSR count). The molecule has 0 aliphatic heterocycles. The van der Waals surface area contributed by atoms with Crippen LogP contribution < -0.4 is 5.32 Å². The van der Waals surface area contributed by atoms with Crippen molar-refractivity contribution < 1.29 is 0 Å². The number of aromatic nitrogens is 5. The maximum absolute atomic E-state index is 4.46. The van der Waals surface area contributed by atoms with Crippen LogP contribution in [0.1, 0.15) is 17.0 Å². The van der Waals surface area contributed by atoms with E-state index >= 15 is 0 Å². The van der Waals surface area contributed by atoms with Crippen molar-refractivity contribution in [1.29, 1.82) is 0 Å². The first-order chi connectivity index (χ1) is 9.54. The summed E-state index contributed by atoms with van der Waals surface area (Å²) in [5, 5.41) is 13.2. The van der Waals surface area contributed by atoms with Gasteiger partial charge in [-0.25, -0.2) is 4.98 Å². The Bertz CT molecular complexity index is 767. The van der Waals surface area contributed by atoms with Gasteiger partial charge in [0.15, 0.2) is 5.65 Å². The molecule has 0 aliphatic carbocycles. The number of hydrogen-bond acceptors (Lipinski definition) is 4. The summed E-state index contributed by atoms with van der Waals surface area (Å²) in [4.78, 5) is 4.46. The molecule has 0 atom stereocenters. The van der Waals surface area contributed by atoms with Gasteiger partial charge < -0.3 is 5.32 Å². The van der Waals surface area contributed by atoms with Crippen LogP contribution in [0.3, 0.4) is 0 Å². The van der Waals surface area contributed by atoms with Gasteiger partial charge in [-0.1, -0.05) is 0 Å². The van der Waals surface area contributed by atoms with Crippen molar-refractivity contribution in [3.63, 3.8) is 0 Å². The van der Waals surface area contributed by atoms with Crippen LogP contribution in [0.5, 0.6) is 0 Å². The molecule has 6 nitrogen and oxygen atoms in total. The third-order valence-electron chi connectivity index (χ3n) is 3.46. The number of aryl methyl sites for hydroxylation is 4. The molecule has 0 aliphatic rings. The molecular weight excluding hydrogens is 252 g/mol. The van der Waals surface area contributed by atoms with Crippen LogP contribution in [0, 0.1) is 13.8 Å². The summed E-state index contributed by atoms with van der Waals surface area (Å²) < 4.78 is 3.64. The van der Waals surface area contributed by atoms with Gasteiger partial charge in [0.2, 0.25) is 0 Å². The first-order valence-corrected chi connectivity index (χ1v) is 6.57. The summed E-state index contributed by atoms with van der Waals surface area (Å²) >= 11 is 0. The van der Waals surface area contributed by atoms with Gasteiger partial charge in [-0.3, -0.25) is 9.36 Å². The molecular formula is C14H18N6. The van der Waals surface area contributed by atoms with Gasteiger partial charge in [-0.15, -0.1) is 0 Å². The number of rotatable bonds is 3. The lowest BCUT2D eigenvalue weighted by molar-refractivity contribution is 0.756. The Morgan fingerprint density at radius 2 is 1.95 bits per heavy atom. The van der Waals surface area contributed by atoms with Crippen LogP contribution in [-0.2, 0) is 20.6 Å². The van der Waals surface area contributed by atoms with Gasteiger partial charge >= 0.3 is 0 Å². The molecule has 0 saturated carbocycles. The fourth-order valence-electron chi connectivity index (χ4n) is 2.42. The lowest BCUT2D eigenvalue weighted by Crippen LogP contribution is -2.00. The molecule has 20 heavy (non-hydrogen) atoms. The number of nitrogens with zero attached hydrogens (tertiary/aromatic N) is 5. The van der Waals surface area contributed by atoms with Crippen molar-refractivity contribution in [2.45, 2.75) is 20.4 Å². The molecule has 0 saturated heterocycles. The average molecular weight is 270 g/mol. The minimum Gasteiger partial charge on any atom is -0.380 e. The standard InChI is InChI=1S/C14H18N6/c1-9-11(8-19(3)17-9)6-15-12-5-13-10(2)18-20(4)14(13)16-7-12/h5,7-8,15H,6H2,1-4H3. The molecule has 3 aromatic rings. The molecule has 104 valence electrons. The Labute approximate surface area is 117 Å².